The van der Waals surface area contributed by atoms with Crippen LogP contribution in [-0.4, -0.2) is 37.2 Å². The molecule has 0 rings (SSSR count). The minimum absolute atomic E-state index is 0.0622. The van der Waals surface area contributed by atoms with E-state index in [1.807, 2.05) is 0 Å². The third-order valence-corrected chi connectivity index (χ3v) is 16.0. The summed E-state index contributed by atoms with van der Waals surface area (Å²) < 4.78 is 17.0. The Balaban J connectivity index is 4.27. The highest BCUT2D eigenvalue weighted by Crippen LogP contribution is 2.20. The first-order chi connectivity index (χ1) is 36.1. The van der Waals surface area contributed by atoms with Gasteiger partial charge in [-0.25, -0.2) is 0 Å². The van der Waals surface area contributed by atoms with Gasteiger partial charge in [0.1, 0.15) is 13.2 Å². The first kappa shape index (κ1) is 72.4. The van der Waals surface area contributed by atoms with Crippen molar-refractivity contribution in [2.75, 3.05) is 13.2 Å². The third kappa shape index (κ3) is 59.7. The van der Waals surface area contributed by atoms with Gasteiger partial charge < -0.3 is 14.2 Å². The zero-order valence-electron chi connectivity index (χ0n) is 51.1. The molecule has 74 heavy (non-hydrogen) atoms. The van der Waals surface area contributed by atoms with Crippen molar-refractivity contribution < 1.29 is 28.6 Å². The molecule has 0 aliphatic carbocycles. The SMILES string of the molecule is CCC(C)CCCCCCCCCCCCCCCCCCCCC(=O)OC[C@H](COC(=O)CCCCCCCCCCCCCCCC(C)C)OC(=O)CCCCCCCCCCCCCCCCCC(C)C. The standard InChI is InChI=1S/C68H132O6/c1-7-64(6)56-50-44-38-32-26-20-14-10-8-9-11-15-21-27-33-39-45-51-57-66(69)72-60-65(61-73-67(70)58-52-46-40-34-28-23-17-19-25-31-37-43-49-55-63(4)5)74-68(71)59-53-47-41-35-29-22-16-12-13-18-24-30-36-42-48-54-62(2)3/h62-65H,7-61H2,1-6H3/t64?,65-/m1/s1. The number of ether oxygens (including phenoxy) is 3. The molecule has 0 radical (unpaired) electrons. The van der Waals surface area contributed by atoms with Crippen molar-refractivity contribution in [2.24, 2.45) is 17.8 Å². The van der Waals surface area contributed by atoms with E-state index in [4.69, 9.17) is 14.2 Å². The number of hydrogen-bond donors (Lipinski definition) is 0. The van der Waals surface area contributed by atoms with E-state index in [9.17, 15) is 14.4 Å². The van der Waals surface area contributed by atoms with Crippen LogP contribution >= 0.6 is 0 Å². The molecule has 0 saturated carbocycles. The van der Waals surface area contributed by atoms with Crippen LogP contribution in [0.25, 0.3) is 0 Å². The van der Waals surface area contributed by atoms with Crippen LogP contribution in [0.4, 0.5) is 0 Å². The van der Waals surface area contributed by atoms with Crippen LogP contribution in [0.2, 0.25) is 0 Å². The van der Waals surface area contributed by atoms with E-state index in [1.165, 1.54) is 263 Å². The summed E-state index contributed by atoms with van der Waals surface area (Å²) in [7, 11) is 0. The normalized spacial score (nSPS) is 12.5. The van der Waals surface area contributed by atoms with Gasteiger partial charge in [-0.2, -0.15) is 0 Å². The quantitative estimate of drug-likeness (QED) is 0.0343. The molecule has 0 N–H and O–H groups in total. The number of carbonyl (C=O) groups excluding carboxylic acids is 3. The average Bonchev–Trinajstić information content (AvgIpc) is 3.38. The third-order valence-electron chi connectivity index (χ3n) is 16.0. The number of carbonyl (C=O) groups is 3. The zero-order chi connectivity index (χ0) is 54.1. The number of unbranched alkanes of at least 4 members (excludes halogenated alkanes) is 43. The molecule has 0 saturated heterocycles. The second-order valence-corrected chi connectivity index (χ2v) is 24.7. The summed E-state index contributed by atoms with van der Waals surface area (Å²) in [6.45, 7) is 13.9. The fourth-order valence-corrected chi connectivity index (χ4v) is 10.6. The Morgan fingerprint density at radius 3 is 0.703 bits per heavy atom. The molecule has 0 spiro atoms. The number of hydrogen-bond acceptors (Lipinski definition) is 6. The van der Waals surface area contributed by atoms with Crippen molar-refractivity contribution >= 4 is 17.9 Å². The van der Waals surface area contributed by atoms with Gasteiger partial charge in [-0.1, -0.05) is 343 Å². The molecular weight excluding hydrogens is 913 g/mol. The second kappa shape index (κ2) is 59.1. The summed E-state index contributed by atoms with van der Waals surface area (Å²) in [6, 6.07) is 0. The molecule has 0 amide bonds. The fraction of sp³-hybridized carbons (Fsp3) is 0.956. The molecule has 0 aromatic rings. The van der Waals surface area contributed by atoms with E-state index >= 15 is 0 Å². The van der Waals surface area contributed by atoms with Gasteiger partial charge in [-0.15, -0.1) is 0 Å². The molecule has 6 nitrogen and oxygen atoms in total. The smallest absolute Gasteiger partial charge is 0.306 e. The largest absolute Gasteiger partial charge is 0.462 e. The fourth-order valence-electron chi connectivity index (χ4n) is 10.6. The van der Waals surface area contributed by atoms with Crippen LogP contribution in [0, 0.1) is 17.8 Å². The van der Waals surface area contributed by atoms with Gasteiger partial charge in [0.25, 0.3) is 0 Å². The van der Waals surface area contributed by atoms with Gasteiger partial charge in [0, 0.05) is 19.3 Å². The molecule has 0 fully saturated rings. The summed E-state index contributed by atoms with van der Waals surface area (Å²) in [5.74, 6) is 1.77. The summed E-state index contributed by atoms with van der Waals surface area (Å²) in [5, 5.41) is 0. The van der Waals surface area contributed by atoms with Crippen LogP contribution in [0.1, 0.15) is 382 Å². The van der Waals surface area contributed by atoms with Crippen LogP contribution in [0.15, 0.2) is 0 Å². The average molecular weight is 1050 g/mol. The molecule has 0 aromatic heterocycles. The number of esters is 3. The molecular formula is C68H132O6. The Morgan fingerprint density at radius 1 is 0.270 bits per heavy atom. The Morgan fingerprint density at radius 2 is 0.473 bits per heavy atom. The highest BCUT2D eigenvalue weighted by molar-refractivity contribution is 5.71. The zero-order valence-corrected chi connectivity index (χ0v) is 51.1. The molecule has 0 aromatic carbocycles. The first-order valence-electron chi connectivity index (χ1n) is 33.6. The van der Waals surface area contributed by atoms with Gasteiger partial charge in [0.05, 0.1) is 0 Å². The molecule has 6 heteroatoms. The lowest BCUT2D eigenvalue weighted by molar-refractivity contribution is -0.167. The summed E-state index contributed by atoms with van der Waals surface area (Å²) >= 11 is 0. The lowest BCUT2D eigenvalue weighted by atomic mass is 9.99. The van der Waals surface area contributed by atoms with Crippen molar-refractivity contribution in [1.82, 2.24) is 0 Å². The van der Waals surface area contributed by atoms with E-state index < -0.39 is 6.10 Å². The van der Waals surface area contributed by atoms with Gasteiger partial charge >= 0.3 is 17.9 Å². The van der Waals surface area contributed by atoms with E-state index in [0.29, 0.717) is 19.3 Å². The molecule has 1 unspecified atom stereocenters. The second-order valence-electron chi connectivity index (χ2n) is 24.7. The molecule has 0 bridgehead atoms. The number of rotatable bonds is 61. The minimum Gasteiger partial charge on any atom is -0.462 e. The molecule has 0 heterocycles. The summed E-state index contributed by atoms with van der Waals surface area (Å²) in [4.78, 5) is 38.4. The Kier molecular flexibility index (Phi) is 57.8. The van der Waals surface area contributed by atoms with E-state index in [1.54, 1.807) is 0 Å². The summed E-state index contributed by atoms with van der Waals surface area (Å²) in [5.41, 5.74) is 0. The van der Waals surface area contributed by atoms with E-state index in [-0.39, 0.29) is 31.1 Å². The highest BCUT2D eigenvalue weighted by atomic mass is 16.6. The Labute approximate surface area is 463 Å². The molecule has 2 atom stereocenters. The van der Waals surface area contributed by atoms with Gasteiger partial charge in [0.2, 0.25) is 0 Å². The predicted octanol–water partition coefficient (Wildman–Crippen LogP) is 22.6. The lowest BCUT2D eigenvalue weighted by Gasteiger charge is -2.18. The predicted molar refractivity (Wildman–Crippen MR) is 321 cm³/mol. The van der Waals surface area contributed by atoms with E-state index in [2.05, 4.69) is 41.5 Å². The molecule has 440 valence electrons. The Bertz CT molecular complexity index is 1150. The topological polar surface area (TPSA) is 78.9 Å². The lowest BCUT2D eigenvalue weighted by Crippen LogP contribution is -2.30. The maximum atomic E-state index is 12.9. The van der Waals surface area contributed by atoms with Crippen molar-refractivity contribution in [1.29, 1.82) is 0 Å². The Hall–Kier alpha value is -1.59. The van der Waals surface area contributed by atoms with Crippen LogP contribution in [-0.2, 0) is 28.6 Å². The van der Waals surface area contributed by atoms with Crippen molar-refractivity contribution in [2.45, 2.75) is 388 Å². The van der Waals surface area contributed by atoms with Crippen molar-refractivity contribution in [3.05, 3.63) is 0 Å². The van der Waals surface area contributed by atoms with Crippen LogP contribution in [0.5, 0.6) is 0 Å². The minimum atomic E-state index is -0.765. The monoisotopic (exact) mass is 1050 g/mol. The maximum Gasteiger partial charge on any atom is 0.306 e. The van der Waals surface area contributed by atoms with Crippen molar-refractivity contribution in [3.8, 4) is 0 Å². The molecule has 0 aliphatic rings. The maximum absolute atomic E-state index is 12.9. The van der Waals surface area contributed by atoms with Crippen LogP contribution in [0.3, 0.4) is 0 Å². The van der Waals surface area contributed by atoms with Gasteiger partial charge in [-0.05, 0) is 37.0 Å². The summed E-state index contributed by atoms with van der Waals surface area (Å²) in [6.07, 6.45) is 65.3. The van der Waals surface area contributed by atoms with Gasteiger partial charge in [0.15, 0.2) is 6.10 Å². The highest BCUT2D eigenvalue weighted by Gasteiger charge is 2.20. The first-order valence-corrected chi connectivity index (χ1v) is 33.6. The van der Waals surface area contributed by atoms with Crippen LogP contribution < -0.4 is 0 Å². The molecule has 0 aliphatic heterocycles. The van der Waals surface area contributed by atoms with Gasteiger partial charge in [-0.3, -0.25) is 14.4 Å². The van der Waals surface area contributed by atoms with Crippen molar-refractivity contribution in [3.63, 3.8) is 0 Å². The van der Waals surface area contributed by atoms with E-state index in [0.717, 1.165) is 75.5 Å².